The molecule has 22 heavy (non-hydrogen) atoms. The summed E-state index contributed by atoms with van der Waals surface area (Å²) in [5.41, 5.74) is 1.10. The predicted molar refractivity (Wildman–Crippen MR) is 97.2 cm³/mol. The van der Waals surface area contributed by atoms with Crippen LogP contribution in [0.4, 0.5) is 5.82 Å². The van der Waals surface area contributed by atoms with E-state index in [0.29, 0.717) is 5.11 Å². The number of nitrogens with zero attached hydrogens (tertiary/aromatic N) is 2. The van der Waals surface area contributed by atoms with Gasteiger partial charge >= 0.3 is 0 Å². The number of aromatic nitrogens is 1. The second kappa shape index (κ2) is 8.44. The molecular formula is C17H28N4S. The van der Waals surface area contributed by atoms with E-state index in [1.165, 1.54) is 19.5 Å². The topological polar surface area (TPSA) is 40.2 Å². The molecular weight excluding hydrogens is 292 g/mol. The van der Waals surface area contributed by atoms with Crippen LogP contribution >= 0.6 is 12.2 Å². The maximum Gasteiger partial charge on any atom is 0.171 e. The van der Waals surface area contributed by atoms with E-state index in [-0.39, 0.29) is 0 Å². The number of hydrogen-bond acceptors (Lipinski definition) is 3. The smallest absolute Gasteiger partial charge is 0.171 e. The van der Waals surface area contributed by atoms with Crippen molar-refractivity contribution in [2.75, 3.05) is 31.5 Å². The molecule has 5 heteroatoms. The van der Waals surface area contributed by atoms with Gasteiger partial charge in [-0.25, -0.2) is 4.98 Å². The lowest BCUT2D eigenvalue weighted by atomic mass is 9.92. The van der Waals surface area contributed by atoms with E-state index in [2.05, 4.69) is 34.4 Å². The summed E-state index contributed by atoms with van der Waals surface area (Å²) in [6.45, 7) is 11.3. The fourth-order valence-electron chi connectivity index (χ4n) is 3.25. The van der Waals surface area contributed by atoms with Gasteiger partial charge in [-0.1, -0.05) is 19.9 Å². The Hall–Kier alpha value is -1.20. The standard InChI is InChI=1S/C17H28N4S/c1-13-10-14(2)12-21(11-13)9-5-8-19-17(22)20-16-15(3)6-4-7-18-16/h4,6-7,13-14H,5,8-12H2,1-3H3,(H2,18,19,20,22)/t13-,14-/m0/s1. The lowest BCUT2D eigenvalue weighted by Crippen LogP contribution is -2.40. The fourth-order valence-corrected chi connectivity index (χ4v) is 3.45. The van der Waals surface area contributed by atoms with E-state index in [4.69, 9.17) is 12.2 Å². The zero-order chi connectivity index (χ0) is 15.9. The number of thiocarbonyl (C=S) groups is 1. The van der Waals surface area contributed by atoms with E-state index in [9.17, 15) is 0 Å². The third-order valence-electron chi connectivity index (χ3n) is 4.12. The number of rotatable bonds is 5. The van der Waals surface area contributed by atoms with Gasteiger partial charge < -0.3 is 15.5 Å². The summed E-state index contributed by atoms with van der Waals surface area (Å²) in [4.78, 5) is 6.87. The minimum Gasteiger partial charge on any atom is -0.362 e. The Kier molecular flexibility index (Phi) is 6.58. The molecule has 0 bridgehead atoms. The van der Waals surface area contributed by atoms with Crippen molar-refractivity contribution in [1.29, 1.82) is 0 Å². The van der Waals surface area contributed by atoms with Gasteiger partial charge in [0.05, 0.1) is 0 Å². The molecule has 1 saturated heterocycles. The van der Waals surface area contributed by atoms with Crippen molar-refractivity contribution < 1.29 is 0 Å². The molecule has 2 heterocycles. The summed E-state index contributed by atoms with van der Waals surface area (Å²) < 4.78 is 0. The summed E-state index contributed by atoms with van der Waals surface area (Å²) in [6, 6.07) is 3.95. The Labute approximate surface area is 139 Å². The van der Waals surface area contributed by atoms with Crippen molar-refractivity contribution in [3.8, 4) is 0 Å². The van der Waals surface area contributed by atoms with Gasteiger partial charge in [0.2, 0.25) is 0 Å². The second-order valence-electron chi connectivity index (χ2n) is 6.61. The molecule has 0 radical (unpaired) electrons. The van der Waals surface area contributed by atoms with Gasteiger partial charge in [-0.15, -0.1) is 0 Å². The Bertz CT molecular complexity index is 481. The van der Waals surface area contributed by atoms with Crippen molar-refractivity contribution in [2.45, 2.75) is 33.6 Å². The first-order valence-electron chi connectivity index (χ1n) is 8.23. The number of anilines is 1. The molecule has 4 nitrogen and oxygen atoms in total. The number of piperidine rings is 1. The van der Waals surface area contributed by atoms with Crippen LogP contribution in [0.1, 0.15) is 32.3 Å². The number of hydrogen-bond donors (Lipinski definition) is 2. The molecule has 1 aromatic heterocycles. The van der Waals surface area contributed by atoms with Crippen LogP contribution < -0.4 is 10.6 Å². The van der Waals surface area contributed by atoms with Crippen molar-refractivity contribution in [1.82, 2.24) is 15.2 Å². The summed E-state index contributed by atoms with van der Waals surface area (Å²) in [7, 11) is 0. The average Bonchev–Trinajstić information content (AvgIpc) is 2.45. The van der Waals surface area contributed by atoms with Crippen molar-refractivity contribution in [3.63, 3.8) is 0 Å². The molecule has 122 valence electrons. The number of likely N-dealkylation sites (tertiary alicyclic amines) is 1. The normalized spacial score (nSPS) is 22.3. The molecule has 1 aromatic rings. The summed E-state index contributed by atoms with van der Waals surface area (Å²) >= 11 is 5.33. The molecule has 0 amide bonds. The molecule has 0 spiro atoms. The maximum absolute atomic E-state index is 5.33. The average molecular weight is 321 g/mol. The maximum atomic E-state index is 5.33. The summed E-state index contributed by atoms with van der Waals surface area (Å²) in [6.07, 6.45) is 4.26. The summed E-state index contributed by atoms with van der Waals surface area (Å²) in [5.74, 6) is 2.48. The Balaban J connectivity index is 1.64. The molecule has 1 aliphatic rings. The quantitative estimate of drug-likeness (QED) is 0.644. The zero-order valence-electron chi connectivity index (χ0n) is 13.9. The van der Waals surface area contributed by atoms with Gasteiger partial charge in [0, 0.05) is 25.8 Å². The zero-order valence-corrected chi connectivity index (χ0v) is 14.7. The van der Waals surface area contributed by atoms with Gasteiger partial charge in [-0.3, -0.25) is 0 Å². The largest absolute Gasteiger partial charge is 0.362 e. The number of nitrogens with one attached hydrogen (secondary N) is 2. The van der Waals surface area contributed by atoms with Gasteiger partial charge in [0.15, 0.2) is 5.11 Å². The van der Waals surface area contributed by atoms with Crippen LogP contribution in [0, 0.1) is 18.8 Å². The van der Waals surface area contributed by atoms with Gasteiger partial charge in [-0.05, 0) is 62.0 Å². The van der Waals surface area contributed by atoms with E-state index >= 15 is 0 Å². The Morgan fingerprint density at radius 1 is 1.36 bits per heavy atom. The van der Waals surface area contributed by atoms with Crippen molar-refractivity contribution >= 4 is 23.1 Å². The first-order chi connectivity index (χ1) is 10.5. The molecule has 2 atom stereocenters. The van der Waals surface area contributed by atoms with Crippen LogP contribution in [-0.2, 0) is 0 Å². The minimum absolute atomic E-state index is 0.655. The van der Waals surface area contributed by atoms with Crippen LogP contribution in [0.5, 0.6) is 0 Å². The van der Waals surface area contributed by atoms with Crippen LogP contribution in [0.25, 0.3) is 0 Å². The highest BCUT2D eigenvalue weighted by Crippen LogP contribution is 2.20. The van der Waals surface area contributed by atoms with E-state index in [0.717, 1.165) is 42.7 Å². The third kappa shape index (κ3) is 5.54. The lowest BCUT2D eigenvalue weighted by molar-refractivity contribution is 0.140. The molecule has 0 aromatic carbocycles. The molecule has 1 aliphatic heterocycles. The highest BCUT2D eigenvalue weighted by atomic mass is 32.1. The van der Waals surface area contributed by atoms with Crippen LogP contribution in [-0.4, -0.2) is 41.2 Å². The molecule has 2 N–H and O–H groups in total. The highest BCUT2D eigenvalue weighted by Gasteiger charge is 2.20. The van der Waals surface area contributed by atoms with Gasteiger partial charge in [0.1, 0.15) is 5.82 Å². The second-order valence-corrected chi connectivity index (χ2v) is 7.02. The Morgan fingerprint density at radius 3 is 2.77 bits per heavy atom. The third-order valence-corrected chi connectivity index (χ3v) is 4.37. The lowest BCUT2D eigenvalue weighted by Gasteiger charge is -2.34. The molecule has 0 saturated carbocycles. The SMILES string of the molecule is Cc1cccnc1NC(=S)NCCCN1C[C@@H](C)C[C@H](C)C1. The molecule has 0 aliphatic carbocycles. The number of pyridine rings is 1. The van der Waals surface area contributed by atoms with E-state index in [1.54, 1.807) is 6.20 Å². The molecule has 2 rings (SSSR count). The fraction of sp³-hybridized carbons (Fsp3) is 0.647. The van der Waals surface area contributed by atoms with Gasteiger partial charge in [-0.2, -0.15) is 0 Å². The van der Waals surface area contributed by atoms with Crippen molar-refractivity contribution in [2.24, 2.45) is 11.8 Å². The minimum atomic E-state index is 0.655. The van der Waals surface area contributed by atoms with Crippen molar-refractivity contribution in [3.05, 3.63) is 23.9 Å². The van der Waals surface area contributed by atoms with Crippen LogP contribution in [0.15, 0.2) is 18.3 Å². The first-order valence-corrected chi connectivity index (χ1v) is 8.64. The monoisotopic (exact) mass is 320 g/mol. The summed E-state index contributed by atoms with van der Waals surface area (Å²) in [5, 5.41) is 7.09. The van der Waals surface area contributed by atoms with Gasteiger partial charge in [0.25, 0.3) is 0 Å². The predicted octanol–water partition coefficient (Wildman–Crippen LogP) is 3.04. The highest BCUT2D eigenvalue weighted by molar-refractivity contribution is 7.80. The van der Waals surface area contributed by atoms with Crippen LogP contribution in [0.2, 0.25) is 0 Å². The number of aryl methyl sites for hydroxylation is 1. The van der Waals surface area contributed by atoms with E-state index < -0.39 is 0 Å². The molecule has 1 fully saturated rings. The van der Waals surface area contributed by atoms with E-state index in [1.807, 2.05) is 19.1 Å². The molecule has 0 unspecified atom stereocenters. The Morgan fingerprint density at radius 2 is 2.09 bits per heavy atom. The first kappa shape index (κ1) is 17.2. The van der Waals surface area contributed by atoms with Crippen LogP contribution in [0.3, 0.4) is 0 Å².